The average molecular weight is 233 g/mol. The highest BCUT2D eigenvalue weighted by Crippen LogP contribution is 2.30. The molecule has 1 aliphatic rings. The largest absolute Gasteiger partial charge is 0.399 e. The van der Waals surface area contributed by atoms with Gasteiger partial charge in [-0.1, -0.05) is 35.5 Å². The Balaban J connectivity index is 2.38. The molecule has 1 aromatic rings. The molecular formula is C14H16FNO. The van der Waals surface area contributed by atoms with Gasteiger partial charge < -0.3 is 4.84 Å². The van der Waals surface area contributed by atoms with Gasteiger partial charge in [-0.15, -0.1) is 0 Å². The van der Waals surface area contributed by atoms with Crippen LogP contribution < -0.4 is 0 Å². The quantitative estimate of drug-likeness (QED) is 0.709. The minimum absolute atomic E-state index is 0.166. The Bertz CT molecular complexity index is 437. The van der Waals surface area contributed by atoms with E-state index in [2.05, 4.69) is 5.16 Å². The molecule has 0 unspecified atom stereocenters. The molecule has 1 aliphatic carbocycles. The van der Waals surface area contributed by atoms with Gasteiger partial charge in [0.05, 0.1) is 5.71 Å². The molecule has 0 radical (unpaired) electrons. The van der Waals surface area contributed by atoms with Crippen LogP contribution in [0.4, 0.5) is 4.39 Å². The number of oxime groups is 1. The molecular weight excluding hydrogens is 217 g/mol. The monoisotopic (exact) mass is 233 g/mol. The zero-order valence-corrected chi connectivity index (χ0v) is 9.95. The van der Waals surface area contributed by atoms with Crippen LogP contribution >= 0.6 is 0 Å². The molecule has 90 valence electrons. The van der Waals surface area contributed by atoms with Crippen LogP contribution in [0, 0.1) is 0 Å². The normalized spacial score (nSPS) is 21.4. The van der Waals surface area contributed by atoms with Gasteiger partial charge >= 0.3 is 0 Å². The van der Waals surface area contributed by atoms with Gasteiger partial charge in [0.1, 0.15) is 12.9 Å². The van der Waals surface area contributed by atoms with Crippen LogP contribution in [-0.2, 0) is 4.84 Å². The Morgan fingerprint density at radius 3 is 2.59 bits per heavy atom. The van der Waals surface area contributed by atoms with Crippen molar-refractivity contribution in [2.24, 2.45) is 5.16 Å². The summed E-state index contributed by atoms with van der Waals surface area (Å²) in [5.74, 6) is -0.166. The van der Waals surface area contributed by atoms with Gasteiger partial charge in [-0.05, 0) is 25.7 Å². The molecule has 0 heterocycles. The van der Waals surface area contributed by atoms with Gasteiger partial charge in [-0.25, -0.2) is 4.39 Å². The van der Waals surface area contributed by atoms with Crippen molar-refractivity contribution in [2.75, 3.05) is 7.11 Å². The molecule has 1 fully saturated rings. The van der Waals surface area contributed by atoms with E-state index in [4.69, 9.17) is 4.84 Å². The third kappa shape index (κ3) is 2.73. The van der Waals surface area contributed by atoms with Gasteiger partial charge in [0.15, 0.2) is 0 Å². The fraction of sp³-hybridized carbons (Fsp3) is 0.357. The summed E-state index contributed by atoms with van der Waals surface area (Å²) in [5.41, 5.74) is 2.07. The number of rotatable bonds is 2. The molecule has 0 aromatic heterocycles. The highest BCUT2D eigenvalue weighted by atomic mass is 19.1. The minimum atomic E-state index is -0.166. The maximum Gasteiger partial charge on any atom is 0.135 e. The van der Waals surface area contributed by atoms with E-state index in [0.29, 0.717) is 11.1 Å². The molecule has 0 bridgehead atoms. The molecule has 0 spiro atoms. The average Bonchev–Trinajstić information content (AvgIpc) is 2.40. The molecule has 17 heavy (non-hydrogen) atoms. The van der Waals surface area contributed by atoms with E-state index < -0.39 is 0 Å². The standard InChI is InChI=1S/C14H16FNO/c1-17-16-13-10-6-5-9-12(13)14(15)11-7-3-2-4-8-11/h2-4,7-8H,5-6,9-10H2,1H3/b14-12-,16-13+. The van der Waals surface area contributed by atoms with Crippen molar-refractivity contribution in [3.63, 3.8) is 0 Å². The van der Waals surface area contributed by atoms with Gasteiger partial charge in [-0.3, -0.25) is 0 Å². The van der Waals surface area contributed by atoms with E-state index in [-0.39, 0.29) is 5.83 Å². The first-order valence-electron chi connectivity index (χ1n) is 5.87. The van der Waals surface area contributed by atoms with Crippen molar-refractivity contribution in [3.8, 4) is 0 Å². The highest BCUT2D eigenvalue weighted by molar-refractivity contribution is 6.05. The molecule has 0 atom stereocenters. The predicted molar refractivity (Wildman–Crippen MR) is 67.4 cm³/mol. The molecule has 1 saturated carbocycles. The SMILES string of the molecule is CO/N=C1\CCCC\C1=C(\F)c1ccccc1. The second-order valence-electron chi connectivity index (χ2n) is 4.09. The summed E-state index contributed by atoms with van der Waals surface area (Å²) in [6.45, 7) is 0. The van der Waals surface area contributed by atoms with Crippen LogP contribution in [0.1, 0.15) is 31.2 Å². The zero-order chi connectivity index (χ0) is 12.1. The van der Waals surface area contributed by atoms with Crippen molar-refractivity contribution in [1.82, 2.24) is 0 Å². The second-order valence-corrected chi connectivity index (χ2v) is 4.09. The van der Waals surface area contributed by atoms with E-state index in [9.17, 15) is 4.39 Å². The summed E-state index contributed by atoms with van der Waals surface area (Å²) in [4.78, 5) is 4.78. The number of hydrogen-bond donors (Lipinski definition) is 0. The topological polar surface area (TPSA) is 21.6 Å². The van der Waals surface area contributed by atoms with Crippen molar-refractivity contribution >= 4 is 11.5 Å². The number of halogens is 1. The van der Waals surface area contributed by atoms with Gasteiger partial charge in [0, 0.05) is 11.1 Å². The van der Waals surface area contributed by atoms with Gasteiger partial charge in [0.2, 0.25) is 0 Å². The van der Waals surface area contributed by atoms with Crippen LogP contribution in [0.2, 0.25) is 0 Å². The predicted octanol–water partition coefficient (Wildman–Crippen LogP) is 3.94. The van der Waals surface area contributed by atoms with Crippen LogP contribution in [0.25, 0.3) is 5.83 Å². The van der Waals surface area contributed by atoms with E-state index in [0.717, 1.165) is 31.4 Å². The molecule has 0 saturated heterocycles. The van der Waals surface area contributed by atoms with Crippen LogP contribution in [-0.4, -0.2) is 12.8 Å². The maximum atomic E-state index is 14.3. The van der Waals surface area contributed by atoms with E-state index in [1.54, 1.807) is 12.1 Å². The van der Waals surface area contributed by atoms with Crippen molar-refractivity contribution in [1.29, 1.82) is 0 Å². The molecule has 1 aromatic carbocycles. The lowest BCUT2D eigenvalue weighted by molar-refractivity contribution is 0.212. The van der Waals surface area contributed by atoms with E-state index in [1.165, 1.54) is 7.11 Å². The number of benzene rings is 1. The summed E-state index contributed by atoms with van der Waals surface area (Å²) in [5, 5.41) is 3.93. The first kappa shape index (κ1) is 11.8. The van der Waals surface area contributed by atoms with Gasteiger partial charge in [-0.2, -0.15) is 0 Å². The molecule has 3 heteroatoms. The van der Waals surface area contributed by atoms with E-state index >= 15 is 0 Å². The number of hydrogen-bond acceptors (Lipinski definition) is 2. The zero-order valence-electron chi connectivity index (χ0n) is 9.95. The second kappa shape index (κ2) is 5.62. The lowest BCUT2D eigenvalue weighted by Gasteiger charge is -2.17. The molecule has 2 nitrogen and oxygen atoms in total. The summed E-state index contributed by atoms with van der Waals surface area (Å²) in [7, 11) is 1.50. The summed E-state index contributed by atoms with van der Waals surface area (Å²) < 4.78 is 14.3. The summed E-state index contributed by atoms with van der Waals surface area (Å²) in [6.07, 6.45) is 3.60. The van der Waals surface area contributed by atoms with Crippen LogP contribution in [0.15, 0.2) is 41.1 Å². The Hall–Kier alpha value is -1.64. The molecule has 0 amide bonds. The molecule has 0 N–H and O–H groups in total. The first-order valence-corrected chi connectivity index (χ1v) is 5.87. The van der Waals surface area contributed by atoms with E-state index in [1.807, 2.05) is 18.2 Å². The number of nitrogens with zero attached hydrogens (tertiary/aromatic N) is 1. The Morgan fingerprint density at radius 1 is 1.18 bits per heavy atom. The van der Waals surface area contributed by atoms with Crippen molar-refractivity contribution in [2.45, 2.75) is 25.7 Å². The fourth-order valence-corrected chi connectivity index (χ4v) is 2.10. The van der Waals surface area contributed by atoms with Crippen LogP contribution in [0.5, 0.6) is 0 Å². The third-order valence-corrected chi connectivity index (χ3v) is 2.93. The Labute approximate surface area is 101 Å². The molecule has 2 rings (SSSR count). The summed E-state index contributed by atoms with van der Waals surface area (Å²) in [6, 6.07) is 9.12. The maximum absolute atomic E-state index is 14.3. The summed E-state index contributed by atoms with van der Waals surface area (Å²) >= 11 is 0. The fourth-order valence-electron chi connectivity index (χ4n) is 2.10. The number of allylic oxidation sites excluding steroid dienone is 1. The Morgan fingerprint density at radius 2 is 1.88 bits per heavy atom. The molecule has 0 aliphatic heterocycles. The first-order chi connectivity index (χ1) is 8.33. The van der Waals surface area contributed by atoms with Crippen molar-refractivity contribution in [3.05, 3.63) is 41.5 Å². The van der Waals surface area contributed by atoms with Gasteiger partial charge in [0.25, 0.3) is 0 Å². The smallest absolute Gasteiger partial charge is 0.135 e. The van der Waals surface area contributed by atoms with Crippen molar-refractivity contribution < 1.29 is 9.23 Å². The third-order valence-electron chi connectivity index (χ3n) is 2.93. The minimum Gasteiger partial charge on any atom is -0.399 e. The lowest BCUT2D eigenvalue weighted by Crippen LogP contribution is -2.11. The Kier molecular flexibility index (Phi) is 3.91. The lowest BCUT2D eigenvalue weighted by atomic mass is 9.91. The van der Waals surface area contributed by atoms with Crippen LogP contribution in [0.3, 0.4) is 0 Å². The highest BCUT2D eigenvalue weighted by Gasteiger charge is 2.19.